The number of rotatable bonds is 8. The number of aromatic nitrogens is 4. The molecule has 0 aliphatic rings. The van der Waals surface area contributed by atoms with E-state index in [4.69, 9.17) is 4.98 Å². The van der Waals surface area contributed by atoms with Crippen molar-refractivity contribution in [1.29, 1.82) is 0 Å². The van der Waals surface area contributed by atoms with Gasteiger partial charge in [-0.25, -0.2) is 4.98 Å². The summed E-state index contributed by atoms with van der Waals surface area (Å²) in [7, 11) is 0. The van der Waals surface area contributed by atoms with Crippen LogP contribution in [0.5, 0.6) is 0 Å². The minimum absolute atomic E-state index is 0.00949. The fourth-order valence-electron chi connectivity index (χ4n) is 3.36. The number of halogens is 1. The number of hydrogen-bond donors (Lipinski definition) is 1. The smallest absolute Gasteiger partial charge is 0.230 e. The van der Waals surface area contributed by atoms with E-state index in [0.29, 0.717) is 24.2 Å². The van der Waals surface area contributed by atoms with Gasteiger partial charge in [-0.3, -0.25) is 4.79 Å². The third kappa shape index (κ3) is 5.25. The lowest BCUT2D eigenvalue weighted by molar-refractivity contribution is -0.118. The molecule has 160 valence electrons. The standard InChI is InChI=1S/C23H24BrN5OS/c1-15(2)11-12-25-20(30)14-31-23-26-22-21(27-28-23)18-5-3-4-6-19(18)29(22)13-16-7-9-17(24)10-8-16/h3-10,15H,11-14H2,1-2H3,(H,25,30). The van der Waals surface area contributed by atoms with Crippen molar-refractivity contribution in [2.24, 2.45) is 5.92 Å². The van der Waals surface area contributed by atoms with Crippen LogP contribution in [0, 0.1) is 5.92 Å². The Morgan fingerprint density at radius 1 is 1.13 bits per heavy atom. The van der Waals surface area contributed by atoms with Crippen LogP contribution in [0.25, 0.3) is 22.1 Å². The summed E-state index contributed by atoms with van der Waals surface area (Å²) in [5.41, 5.74) is 3.79. The number of hydrogen-bond acceptors (Lipinski definition) is 5. The summed E-state index contributed by atoms with van der Waals surface area (Å²) in [6.07, 6.45) is 0.969. The molecule has 0 fully saturated rings. The molecule has 1 N–H and O–H groups in total. The highest BCUT2D eigenvalue weighted by molar-refractivity contribution is 9.10. The maximum absolute atomic E-state index is 12.1. The number of carbonyl (C=O) groups is 1. The number of nitrogens with zero attached hydrogens (tertiary/aromatic N) is 4. The molecular formula is C23H24BrN5OS. The van der Waals surface area contributed by atoms with E-state index in [1.807, 2.05) is 30.3 Å². The summed E-state index contributed by atoms with van der Waals surface area (Å²) in [5, 5.41) is 13.2. The largest absolute Gasteiger partial charge is 0.355 e. The molecular weight excluding hydrogens is 474 g/mol. The first-order valence-electron chi connectivity index (χ1n) is 10.3. The molecule has 0 atom stereocenters. The molecule has 4 aromatic rings. The van der Waals surface area contributed by atoms with Crippen molar-refractivity contribution in [2.75, 3.05) is 12.3 Å². The third-order valence-corrected chi connectivity index (χ3v) is 6.35. The Balaban J connectivity index is 1.59. The lowest BCUT2D eigenvalue weighted by atomic mass is 10.1. The summed E-state index contributed by atoms with van der Waals surface area (Å²) in [6.45, 7) is 5.65. The van der Waals surface area contributed by atoms with Crippen LogP contribution in [-0.2, 0) is 11.3 Å². The normalized spacial score (nSPS) is 11.5. The van der Waals surface area contributed by atoms with Crippen molar-refractivity contribution in [3.05, 3.63) is 58.6 Å². The SMILES string of the molecule is CC(C)CCNC(=O)CSc1nnc2c3ccccc3n(Cc3ccc(Br)cc3)c2n1. The zero-order chi connectivity index (χ0) is 21.8. The lowest BCUT2D eigenvalue weighted by Gasteiger charge is -2.08. The fourth-order valence-corrected chi connectivity index (χ4v) is 4.24. The molecule has 31 heavy (non-hydrogen) atoms. The van der Waals surface area contributed by atoms with Crippen molar-refractivity contribution in [3.63, 3.8) is 0 Å². The van der Waals surface area contributed by atoms with E-state index in [2.05, 4.69) is 68.1 Å². The average molecular weight is 498 g/mol. The number of para-hydroxylation sites is 1. The predicted molar refractivity (Wildman–Crippen MR) is 129 cm³/mol. The van der Waals surface area contributed by atoms with E-state index >= 15 is 0 Å². The monoisotopic (exact) mass is 497 g/mol. The van der Waals surface area contributed by atoms with Crippen LogP contribution < -0.4 is 5.32 Å². The van der Waals surface area contributed by atoms with E-state index < -0.39 is 0 Å². The van der Waals surface area contributed by atoms with Gasteiger partial charge in [0.1, 0.15) is 5.52 Å². The fraction of sp³-hybridized carbons (Fsp3) is 0.304. The van der Waals surface area contributed by atoms with E-state index in [0.717, 1.165) is 33.0 Å². The zero-order valence-corrected chi connectivity index (χ0v) is 19.9. The van der Waals surface area contributed by atoms with Gasteiger partial charge in [-0.1, -0.05) is 71.9 Å². The molecule has 2 aromatic heterocycles. The van der Waals surface area contributed by atoms with Gasteiger partial charge in [-0.2, -0.15) is 0 Å². The Kier molecular flexibility index (Phi) is 6.87. The number of thioether (sulfide) groups is 1. The van der Waals surface area contributed by atoms with Crippen LogP contribution in [0.1, 0.15) is 25.8 Å². The van der Waals surface area contributed by atoms with Crippen LogP contribution in [0.3, 0.4) is 0 Å². The molecule has 8 heteroatoms. The number of benzene rings is 2. The Labute approximate surface area is 194 Å². The second-order valence-electron chi connectivity index (χ2n) is 7.82. The average Bonchev–Trinajstić information content (AvgIpc) is 3.07. The molecule has 6 nitrogen and oxygen atoms in total. The van der Waals surface area contributed by atoms with Crippen molar-refractivity contribution in [2.45, 2.75) is 32.0 Å². The topological polar surface area (TPSA) is 72.7 Å². The summed E-state index contributed by atoms with van der Waals surface area (Å²) in [4.78, 5) is 16.9. The molecule has 0 spiro atoms. The first-order chi connectivity index (χ1) is 15.0. The van der Waals surface area contributed by atoms with Gasteiger partial charge in [-0.05, 0) is 36.1 Å². The van der Waals surface area contributed by atoms with E-state index in [-0.39, 0.29) is 11.7 Å². The molecule has 0 saturated carbocycles. The van der Waals surface area contributed by atoms with Crippen LogP contribution >= 0.6 is 27.7 Å². The molecule has 1 amide bonds. The molecule has 0 aliphatic carbocycles. The molecule has 0 aliphatic heterocycles. The van der Waals surface area contributed by atoms with E-state index in [1.54, 1.807) is 0 Å². The second kappa shape index (κ2) is 9.78. The van der Waals surface area contributed by atoms with E-state index in [9.17, 15) is 4.79 Å². The molecule has 0 saturated heterocycles. The minimum atomic E-state index is -0.00949. The Morgan fingerprint density at radius 3 is 2.68 bits per heavy atom. The number of amides is 1. The summed E-state index contributed by atoms with van der Waals surface area (Å²) >= 11 is 4.80. The van der Waals surface area contributed by atoms with Gasteiger partial charge in [0.15, 0.2) is 5.65 Å². The van der Waals surface area contributed by atoms with Crippen LogP contribution in [-0.4, -0.2) is 38.0 Å². The van der Waals surface area contributed by atoms with Gasteiger partial charge in [0.2, 0.25) is 11.1 Å². The van der Waals surface area contributed by atoms with Crippen LogP contribution in [0.2, 0.25) is 0 Å². The Hall–Kier alpha value is -2.45. The van der Waals surface area contributed by atoms with Gasteiger partial charge in [0, 0.05) is 22.9 Å². The maximum atomic E-state index is 12.1. The highest BCUT2D eigenvalue weighted by atomic mass is 79.9. The molecule has 0 radical (unpaired) electrons. The first kappa shape index (κ1) is 21.8. The molecule has 2 aromatic carbocycles. The number of carbonyl (C=O) groups excluding carboxylic acids is 1. The van der Waals surface area contributed by atoms with Gasteiger partial charge < -0.3 is 9.88 Å². The Morgan fingerprint density at radius 2 is 1.90 bits per heavy atom. The van der Waals surface area contributed by atoms with Gasteiger partial charge in [-0.15, -0.1) is 10.2 Å². The maximum Gasteiger partial charge on any atom is 0.230 e. The van der Waals surface area contributed by atoms with Crippen LogP contribution in [0.15, 0.2) is 58.2 Å². The van der Waals surface area contributed by atoms with Crippen LogP contribution in [0.4, 0.5) is 0 Å². The quantitative estimate of drug-likeness (QED) is 0.345. The predicted octanol–water partition coefficient (Wildman–Crippen LogP) is 5.04. The molecule has 0 bridgehead atoms. The summed E-state index contributed by atoms with van der Waals surface area (Å²) in [6, 6.07) is 16.4. The molecule has 2 heterocycles. The van der Waals surface area contributed by atoms with Crippen molar-refractivity contribution < 1.29 is 4.79 Å². The highest BCUT2D eigenvalue weighted by Crippen LogP contribution is 2.28. The van der Waals surface area contributed by atoms with Crippen molar-refractivity contribution >= 4 is 55.7 Å². The number of fused-ring (bicyclic) bond motifs is 3. The first-order valence-corrected chi connectivity index (χ1v) is 12.0. The van der Waals surface area contributed by atoms with Crippen molar-refractivity contribution in [3.8, 4) is 0 Å². The highest BCUT2D eigenvalue weighted by Gasteiger charge is 2.16. The molecule has 0 unspecified atom stereocenters. The zero-order valence-electron chi connectivity index (χ0n) is 17.5. The van der Waals surface area contributed by atoms with Gasteiger partial charge in [0.05, 0.1) is 11.3 Å². The van der Waals surface area contributed by atoms with Crippen molar-refractivity contribution in [1.82, 2.24) is 25.1 Å². The summed E-state index contributed by atoms with van der Waals surface area (Å²) in [5.74, 6) is 0.832. The number of nitrogens with one attached hydrogen (secondary N) is 1. The van der Waals surface area contributed by atoms with E-state index in [1.165, 1.54) is 17.3 Å². The van der Waals surface area contributed by atoms with Gasteiger partial charge in [0.25, 0.3) is 0 Å². The molecule has 4 rings (SSSR count). The lowest BCUT2D eigenvalue weighted by Crippen LogP contribution is -2.27. The second-order valence-corrected chi connectivity index (χ2v) is 9.68. The Bertz CT molecular complexity index is 1210. The summed E-state index contributed by atoms with van der Waals surface area (Å²) < 4.78 is 3.21. The third-order valence-electron chi connectivity index (χ3n) is 4.98. The minimum Gasteiger partial charge on any atom is -0.355 e. The van der Waals surface area contributed by atoms with Gasteiger partial charge >= 0.3 is 0 Å².